The van der Waals surface area contributed by atoms with Crippen molar-refractivity contribution in [1.82, 2.24) is 0 Å². The van der Waals surface area contributed by atoms with Crippen molar-refractivity contribution < 1.29 is 29.0 Å². The predicted molar refractivity (Wildman–Crippen MR) is 45.1 cm³/mol. The first-order valence-electron chi connectivity index (χ1n) is 2.77. The monoisotopic (exact) mass is 210 g/mol. The molecule has 0 aromatic heterocycles. The van der Waals surface area contributed by atoms with Gasteiger partial charge in [0.2, 0.25) is 0 Å². The van der Waals surface area contributed by atoms with Gasteiger partial charge in [-0.1, -0.05) is 12.1 Å². The van der Waals surface area contributed by atoms with E-state index in [0.717, 1.165) is 6.07 Å². The molecule has 0 saturated heterocycles. The van der Waals surface area contributed by atoms with Crippen molar-refractivity contribution in [3.05, 3.63) is 24.3 Å². The third kappa shape index (κ3) is 3.38. The highest BCUT2D eigenvalue weighted by atomic mass is 32.2. The summed E-state index contributed by atoms with van der Waals surface area (Å²) in [7, 11) is -4.28. The van der Waals surface area contributed by atoms with Crippen LogP contribution < -0.4 is 0 Å². The van der Waals surface area contributed by atoms with E-state index in [4.69, 9.17) is 9.66 Å². The SMILES string of the molecule is O.O.O=S(=O)(O)c1ccccc1O. The molecule has 1 aromatic rings. The first-order valence-corrected chi connectivity index (χ1v) is 4.21. The Labute approximate surface area is 74.8 Å². The van der Waals surface area contributed by atoms with Gasteiger partial charge in [0.1, 0.15) is 10.6 Å². The Morgan fingerprint density at radius 2 is 1.54 bits per heavy atom. The Hall–Kier alpha value is -1.15. The van der Waals surface area contributed by atoms with Gasteiger partial charge >= 0.3 is 0 Å². The van der Waals surface area contributed by atoms with Crippen LogP contribution in [0, 0.1) is 0 Å². The second-order valence-electron chi connectivity index (χ2n) is 1.94. The van der Waals surface area contributed by atoms with Gasteiger partial charge in [0.05, 0.1) is 0 Å². The molecule has 13 heavy (non-hydrogen) atoms. The molecule has 0 aliphatic rings. The summed E-state index contributed by atoms with van der Waals surface area (Å²) in [5.74, 6) is -0.449. The molecule has 0 atom stereocenters. The van der Waals surface area contributed by atoms with E-state index in [2.05, 4.69) is 0 Å². The van der Waals surface area contributed by atoms with Crippen LogP contribution in [-0.4, -0.2) is 29.0 Å². The fourth-order valence-electron chi connectivity index (χ4n) is 0.675. The van der Waals surface area contributed by atoms with E-state index >= 15 is 0 Å². The fourth-order valence-corrected chi connectivity index (χ4v) is 1.26. The first kappa shape index (κ1) is 14.4. The highest BCUT2D eigenvalue weighted by molar-refractivity contribution is 7.86. The minimum Gasteiger partial charge on any atom is -0.506 e. The van der Waals surface area contributed by atoms with Crippen LogP contribution in [0.15, 0.2) is 29.2 Å². The van der Waals surface area contributed by atoms with Gasteiger partial charge in [0, 0.05) is 0 Å². The molecule has 0 fully saturated rings. The molecule has 0 unspecified atom stereocenters. The van der Waals surface area contributed by atoms with Crippen LogP contribution in [0.5, 0.6) is 5.75 Å². The Balaban J connectivity index is 0. The zero-order valence-corrected chi connectivity index (χ0v) is 7.25. The van der Waals surface area contributed by atoms with Gasteiger partial charge in [-0.05, 0) is 12.1 Å². The van der Waals surface area contributed by atoms with Crippen molar-refractivity contribution in [2.24, 2.45) is 0 Å². The lowest BCUT2D eigenvalue weighted by molar-refractivity contribution is 0.443. The van der Waals surface area contributed by atoms with Gasteiger partial charge in [-0.3, -0.25) is 4.55 Å². The molecule has 7 heteroatoms. The van der Waals surface area contributed by atoms with E-state index in [1.165, 1.54) is 18.2 Å². The van der Waals surface area contributed by atoms with Gasteiger partial charge in [0.15, 0.2) is 0 Å². The Bertz CT molecular complexity index is 357. The number of aromatic hydroxyl groups is 1. The van der Waals surface area contributed by atoms with Crippen LogP contribution in [0.1, 0.15) is 0 Å². The average molecular weight is 210 g/mol. The first-order chi connectivity index (χ1) is 5.02. The smallest absolute Gasteiger partial charge is 0.298 e. The lowest BCUT2D eigenvalue weighted by Gasteiger charge is -1.97. The molecule has 0 spiro atoms. The quantitative estimate of drug-likeness (QED) is 0.573. The summed E-state index contributed by atoms with van der Waals surface area (Å²) in [6.07, 6.45) is 0. The molecule has 1 rings (SSSR count). The van der Waals surface area contributed by atoms with Crippen LogP contribution in [0.2, 0.25) is 0 Å². The highest BCUT2D eigenvalue weighted by Crippen LogP contribution is 2.20. The average Bonchev–Trinajstić information content (AvgIpc) is 1.86. The molecule has 1 aromatic carbocycles. The van der Waals surface area contributed by atoms with Crippen molar-refractivity contribution in [3.63, 3.8) is 0 Å². The van der Waals surface area contributed by atoms with Gasteiger partial charge in [-0.2, -0.15) is 8.42 Å². The molecule has 0 saturated carbocycles. The topological polar surface area (TPSA) is 138 Å². The van der Waals surface area contributed by atoms with E-state index in [1.54, 1.807) is 0 Å². The molecule has 0 bridgehead atoms. The van der Waals surface area contributed by atoms with Crippen LogP contribution in [0.25, 0.3) is 0 Å². The second-order valence-corrected chi connectivity index (χ2v) is 3.33. The summed E-state index contributed by atoms with van der Waals surface area (Å²) < 4.78 is 29.4. The normalized spacial score (nSPS) is 9.62. The maximum atomic E-state index is 10.4. The van der Waals surface area contributed by atoms with Crippen molar-refractivity contribution in [2.75, 3.05) is 0 Å². The molecular weight excluding hydrogens is 200 g/mol. The largest absolute Gasteiger partial charge is 0.506 e. The zero-order valence-electron chi connectivity index (χ0n) is 6.43. The molecule has 6 N–H and O–H groups in total. The third-order valence-corrected chi connectivity index (χ3v) is 2.04. The van der Waals surface area contributed by atoms with Gasteiger partial charge in [-0.25, -0.2) is 0 Å². The number of para-hydroxylation sites is 1. The van der Waals surface area contributed by atoms with Crippen molar-refractivity contribution in [1.29, 1.82) is 0 Å². The number of phenolic OH excluding ortho intramolecular Hbond substituents is 1. The van der Waals surface area contributed by atoms with E-state index < -0.39 is 20.8 Å². The summed E-state index contributed by atoms with van der Waals surface area (Å²) in [6.45, 7) is 0. The molecule has 0 aliphatic carbocycles. The number of rotatable bonds is 1. The van der Waals surface area contributed by atoms with Crippen molar-refractivity contribution >= 4 is 10.1 Å². The summed E-state index contributed by atoms with van der Waals surface area (Å²) in [6, 6.07) is 5.17. The Kier molecular flexibility index (Phi) is 5.28. The fraction of sp³-hybridized carbons (Fsp3) is 0. The summed E-state index contributed by atoms with van der Waals surface area (Å²) in [5.41, 5.74) is 0. The maximum absolute atomic E-state index is 10.4. The maximum Gasteiger partial charge on any atom is 0.298 e. The van der Waals surface area contributed by atoms with Gasteiger partial charge < -0.3 is 16.1 Å². The number of hydrogen-bond acceptors (Lipinski definition) is 3. The van der Waals surface area contributed by atoms with Crippen molar-refractivity contribution in [2.45, 2.75) is 4.90 Å². The molecular formula is C6H10O6S. The second kappa shape index (κ2) is 4.77. The van der Waals surface area contributed by atoms with Crippen LogP contribution >= 0.6 is 0 Å². The van der Waals surface area contributed by atoms with E-state index in [1.807, 2.05) is 0 Å². The van der Waals surface area contributed by atoms with Crippen LogP contribution in [0.4, 0.5) is 0 Å². The molecule has 0 amide bonds. The molecule has 0 aliphatic heterocycles. The summed E-state index contributed by atoms with van der Waals surface area (Å²) in [4.78, 5) is -0.472. The lowest BCUT2D eigenvalue weighted by atomic mass is 10.3. The standard InChI is InChI=1S/C6H6O4S.2H2O/c7-5-3-1-2-4-6(5)11(8,9)10;;/h1-4,7H,(H,8,9,10);2*1H2. The Morgan fingerprint density at radius 3 is 1.85 bits per heavy atom. The number of phenols is 1. The molecule has 76 valence electrons. The molecule has 0 heterocycles. The number of benzene rings is 1. The van der Waals surface area contributed by atoms with Gasteiger partial charge in [-0.15, -0.1) is 0 Å². The van der Waals surface area contributed by atoms with Gasteiger partial charge in [0.25, 0.3) is 10.1 Å². The highest BCUT2D eigenvalue weighted by Gasteiger charge is 2.12. The Morgan fingerprint density at radius 1 is 1.08 bits per heavy atom. The molecule has 0 radical (unpaired) electrons. The predicted octanol–water partition coefficient (Wildman–Crippen LogP) is -1.01. The van der Waals surface area contributed by atoms with E-state index in [0.29, 0.717) is 0 Å². The van der Waals surface area contributed by atoms with E-state index in [-0.39, 0.29) is 11.0 Å². The zero-order chi connectivity index (χ0) is 8.48. The lowest BCUT2D eigenvalue weighted by Crippen LogP contribution is -1.97. The minimum absolute atomic E-state index is 0. The minimum atomic E-state index is -4.28. The third-order valence-electron chi connectivity index (χ3n) is 1.14. The number of hydrogen-bond donors (Lipinski definition) is 2. The van der Waals surface area contributed by atoms with Crippen LogP contribution in [0.3, 0.4) is 0 Å². The van der Waals surface area contributed by atoms with Crippen molar-refractivity contribution in [3.8, 4) is 5.75 Å². The molecule has 6 nitrogen and oxygen atoms in total. The van der Waals surface area contributed by atoms with Crippen LogP contribution in [-0.2, 0) is 10.1 Å². The van der Waals surface area contributed by atoms with E-state index in [9.17, 15) is 8.42 Å². The summed E-state index contributed by atoms with van der Waals surface area (Å²) in [5, 5.41) is 8.91. The summed E-state index contributed by atoms with van der Waals surface area (Å²) >= 11 is 0.